The molecule has 2 aromatic heterocycles. The Bertz CT molecular complexity index is 1500. The lowest BCUT2D eigenvalue weighted by molar-refractivity contribution is -0.122. The summed E-state index contributed by atoms with van der Waals surface area (Å²) in [5.74, 6) is 0.409. The first kappa shape index (κ1) is 35.2. The summed E-state index contributed by atoms with van der Waals surface area (Å²) < 4.78 is 31.8. The summed E-state index contributed by atoms with van der Waals surface area (Å²) in [5.41, 5.74) is 7.64. The lowest BCUT2D eigenvalue weighted by Gasteiger charge is -2.33. The van der Waals surface area contributed by atoms with Crippen LogP contribution in [0.5, 0.6) is 5.75 Å². The lowest BCUT2D eigenvalue weighted by Crippen LogP contribution is -2.30. The first-order chi connectivity index (χ1) is 20.3. The van der Waals surface area contributed by atoms with Crippen LogP contribution in [0.15, 0.2) is 55.9 Å². The van der Waals surface area contributed by atoms with E-state index in [9.17, 15) is 8.78 Å². The zero-order valence-electron chi connectivity index (χ0n) is 25.4. The molecule has 0 saturated heterocycles. The molecule has 0 atom stereocenters. The van der Waals surface area contributed by atoms with Crippen molar-refractivity contribution in [2.45, 2.75) is 66.7 Å². The van der Waals surface area contributed by atoms with Crippen LogP contribution in [0.4, 0.5) is 20.4 Å². The molecule has 0 aliphatic carbocycles. The Labute approximate surface area is 256 Å². The van der Waals surface area contributed by atoms with Gasteiger partial charge in [-0.1, -0.05) is 30.7 Å². The van der Waals surface area contributed by atoms with Crippen molar-refractivity contribution in [3.8, 4) is 16.9 Å². The molecule has 0 unspecified atom stereocenters. The van der Waals surface area contributed by atoms with E-state index < -0.39 is 12.2 Å². The first-order valence-corrected chi connectivity index (χ1v) is 13.9. The third kappa shape index (κ3) is 8.75. The Hall–Kier alpha value is -4.02. The summed E-state index contributed by atoms with van der Waals surface area (Å²) in [5, 5.41) is 17.3. The van der Waals surface area contributed by atoms with Gasteiger partial charge < -0.3 is 24.4 Å². The highest BCUT2D eigenvalue weighted by Crippen LogP contribution is 2.46. The molecule has 0 saturated carbocycles. The molecule has 11 heteroatoms. The van der Waals surface area contributed by atoms with Gasteiger partial charge in [0.25, 0.3) is 6.47 Å². The van der Waals surface area contributed by atoms with Crippen LogP contribution in [0.25, 0.3) is 22.0 Å². The van der Waals surface area contributed by atoms with Crippen molar-refractivity contribution in [1.82, 2.24) is 14.5 Å². The van der Waals surface area contributed by atoms with Crippen LogP contribution < -0.4 is 9.64 Å². The molecule has 3 heterocycles. The number of ether oxygens (including phenoxy) is 1. The number of aryl methyl sites for hydroxylation is 1. The maximum absolute atomic E-state index is 12.5. The zero-order chi connectivity index (χ0) is 32.5. The van der Waals surface area contributed by atoms with Crippen molar-refractivity contribution < 1.29 is 28.5 Å². The van der Waals surface area contributed by atoms with Gasteiger partial charge in [-0.25, -0.2) is 9.97 Å². The van der Waals surface area contributed by atoms with Gasteiger partial charge in [0.1, 0.15) is 0 Å². The van der Waals surface area contributed by atoms with Crippen molar-refractivity contribution in [3.05, 3.63) is 77.7 Å². The predicted molar refractivity (Wildman–Crippen MR) is 169 cm³/mol. The monoisotopic (exact) mass is 616 g/mol. The minimum Gasteiger partial charge on any atom is -0.483 e. The van der Waals surface area contributed by atoms with Crippen LogP contribution in [-0.4, -0.2) is 50.0 Å². The smallest absolute Gasteiger partial charge is 0.387 e. The number of aromatic nitrogens is 3. The predicted octanol–water partition coefficient (Wildman–Crippen LogP) is 7.96. The number of carboxylic acid groups (broad SMARTS) is 1. The van der Waals surface area contributed by atoms with E-state index in [0.29, 0.717) is 17.5 Å². The van der Waals surface area contributed by atoms with Crippen molar-refractivity contribution in [2.75, 3.05) is 11.4 Å². The molecular formula is C32H39ClF2N4O4. The molecule has 0 spiro atoms. The molecule has 43 heavy (non-hydrogen) atoms. The van der Waals surface area contributed by atoms with E-state index in [2.05, 4.69) is 76.3 Å². The summed E-state index contributed by atoms with van der Waals surface area (Å²) in [6.45, 7) is 15.9. The molecule has 0 bridgehead atoms. The van der Waals surface area contributed by atoms with Crippen LogP contribution in [0, 0.1) is 13.8 Å². The minimum atomic E-state index is -2.91. The second kappa shape index (κ2) is 15.5. The topological polar surface area (TPSA) is 101 Å². The maximum Gasteiger partial charge on any atom is 0.387 e. The number of carbonyl (C=O) groups is 1. The van der Waals surface area contributed by atoms with E-state index in [4.69, 9.17) is 26.6 Å². The van der Waals surface area contributed by atoms with Crippen LogP contribution in [0.3, 0.4) is 0 Å². The minimum absolute atomic E-state index is 0.0563. The van der Waals surface area contributed by atoms with Crippen LogP contribution in [0.1, 0.15) is 44.5 Å². The lowest BCUT2D eigenvalue weighted by atomic mass is 9.89. The fourth-order valence-corrected chi connectivity index (χ4v) is 5.05. The van der Waals surface area contributed by atoms with E-state index in [1.54, 1.807) is 20.8 Å². The fraction of sp³-hybridized carbons (Fsp3) is 0.344. The van der Waals surface area contributed by atoms with Crippen LogP contribution >= 0.6 is 11.6 Å². The van der Waals surface area contributed by atoms with Crippen LogP contribution in [0.2, 0.25) is 5.02 Å². The summed E-state index contributed by atoms with van der Waals surface area (Å²) in [6, 6.07) is 10.2. The number of halogens is 3. The number of hydrogen-bond acceptors (Lipinski definition) is 6. The molecule has 8 nitrogen and oxygen atoms in total. The summed E-state index contributed by atoms with van der Waals surface area (Å²) in [6.07, 6.45) is 3.44. The largest absolute Gasteiger partial charge is 0.483 e. The number of alkyl halides is 2. The van der Waals surface area contributed by atoms with Crippen molar-refractivity contribution in [2.24, 2.45) is 0 Å². The van der Waals surface area contributed by atoms with Crippen molar-refractivity contribution in [1.29, 1.82) is 0 Å². The van der Waals surface area contributed by atoms with Gasteiger partial charge in [-0.3, -0.25) is 4.79 Å². The van der Waals surface area contributed by atoms with Gasteiger partial charge in [0.2, 0.25) is 5.95 Å². The first-order valence-electron chi connectivity index (χ1n) is 13.6. The number of anilines is 2. The number of aliphatic hydroxyl groups is 1. The SMILES string of the molecule is C=C.CC(C)(C)O.CCc1c(C)c2c3c(cc(C)n3CCN2c2ncc(OC(F)F)cn2)c1-c1ccc(Cl)cc1.O=CO. The normalized spacial score (nSPS) is 11.9. The average Bonchev–Trinajstić information content (AvgIpc) is 3.28. The van der Waals surface area contributed by atoms with E-state index in [1.165, 1.54) is 34.6 Å². The third-order valence-electron chi connectivity index (χ3n) is 6.29. The molecular weight excluding hydrogens is 578 g/mol. The summed E-state index contributed by atoms with van der Waals surface area (Å²) in [4.78, 5) is 19.1. The summed E-state index contributed by atoms with van der Waals surface area (Å²) in [7, 11) is 0. The van der Waals surface area contributed by atoms with Gasteiger partial charge in [-0.2, -0.15) is 8.78 Å². The molecule has 4 aromatic rings. The Kier molecular flexibility index (Phi) is 12.6. The Morgan fingerprint density at radius 2 is 1.65 bits per heavy atom. The molecule has 0 fully saturated rings. The van der Waals surface area contributed by atoms with E-state index in [1.807, 2.05) is 12.1 Å². The molecule has 1 aliphatic heterocycles. The highest BCUT2D eigenvalue weighted by molar-refractivity contribution is 6.30. The Balaban J connectivity index is 0.000000569. The van der Waals surface area contributed by atoms with Gasteiger partial charge in [0.05, 0.1) is 29.2 Å². The van der Waals surface area contributed by atoms with Gasteiger partial charge in [-0.05, 0) is 81.5 Å². The van der Waals surface area contributed by atoms with E-state index >= 15 is 0 Å². The average molecular weight is 617 g/mol. The Morgan fingerprint density at radius 3 is 2.14 bits per heavy atom. The molecule has 0 amide bonds. The van der Waals surface area contributed by atoms with Gasteiger partial charge in [0, 0.05) is 29.2 Å². The Morgan fingerprint density at radius 1 is 1.12 bits per heavy atom. The van der Waals surface area contributed by atoms with E-state index in [-0.39, 0.29) is 12.2 Å². The zero-order valence-corrected chi connectivity index (χ0v) is 26.1. The molecule has 2 N–H and O–H groups in total. The molecule has 5 rings (SSSR count). The molecule has 232 valence electrons. The second-order valence-electron chi connectivity index (χ2n) is 10.4. The number of benzene rings is 2. The third-order valence-corrected chi connectivity index (χ3v) is 6.54. The highest BCUT2D eigenvalue weighted by Gasteiger charge is 2.29. The van der Waals surface area contributed by atoms with Gasteiger partial charge in [0.15, 0.2) is 5.75 Å². The quantitative estimate of drug-likeness (QED) is 0.173. The van der Waals surface area contributed by atoms with Crippen molar-refractivity contribution >= 4 is 40.6 Å². The van der Waals surface area contributed by atoms with Gasteiger partial charge in [-0.15, -0.1) is 13.2 Å². The summed E-state index contributed by atoms with van der Waals surface area (Å²) >= 11 is 6.16. The fourth-order valence-electron chi connectivity index (χ4n) is 4.92. The second-order valence-corrected chi connectivity index (χ2v) is 10.8. The van der Waals surface area contributed by atoms with Crippen LogP contribution in [-0.2, 0) is 17.8 Å². The number of nitrogens with zero attached hydrogens (tertiary/aromatic N) is 4. The molecule has 2 aromatic carbocycles. The van der Waals surface area contributed by atoms with Gasteiger partial charge >= 0.3 is 6.61 Å². The van der Waals surface area contributed by atoms with E-state index in [0.717, 1.165) is 35.3 Å². The highest BCUT2D eigenvalue weighted by atomic mass is 35.5. The maximum atomic E-state index is 12.5. The number of hydrogen-bond donors (Lipinski definition) is 2. The molecule has 1 aliphatic rings. The number of rotatable bonds is 5. The van der Waals surface area contributed by atoms with Crippen molar-refractivity contribution in [3.63, 3.8) is 0 Å². The standard InChI is InChI=1S/C25H23ClF2N4O.C4H10O.C2H4.CH2O2/c1-4-19-15(3)22-23-20(21(19)16-5-7-17(26)8-6-16)11-14(2)31(23)9-10-32(22)25-29-12-18(13-30-25)33-24(27)28;1-4(2,3)5;1-2;2-1-3/h5-8,11-13,24H,4,9-10H2,1-3H3;5H,1-3H3;1-2H2;1H,(H,2,3). The molecule has 0 radical (unpaired) electrons.